The molecule has 3 nitrogen and oxygen atoms in total. The van der Waals surface area contributed by atoms with Crippen LogP contribution in [0.5, 0.6) is 0 Å². The molecule has 0 aromatic heterocycles. The number of hydrogen-bond acceptors (Lipinski definition) is 2. The zero-order valence-electron chi connectivity index (χ0n) is 12.3. The fraction of sp³-hybridized carbons (Fsp3) is 0.235. The summed E-state index contributed by atoms with van der Waals surface area (Å²) in [5.41, 5.74) is 2.88. The Hall–Kier alpha value is -1.55. The van der Waals surface area contributed by atoms with Crippen molar-refractivity contribution in [2.24, 2.45) is 0 Å². The molecule has 0 fully saturated rings. The van der Waals surface area contributed by atoms with Crippen molar-refractivity contribution in [1.82, 2.24) is 5.32 Å². The lowest BCUT2D eigenvalue weighted by Crippen LogP contribution is -2.29. The summed E-state index contributed by atoms with van der Waals surface area (Å²) in [6, 6.07) is 13.2. The number of anilines is 1. The maximum absolute atomic E-state index is 11.8. The van der Waals surface area contributed by atoms with Gasteiger partial charge in [-0.15, -0.1) is 0 Å². The van der Waals surface area contributed by atoms with Crippen LogP contribution < -0.4 is 10.6 Å². The molecule has 1 amide bonds. The Bertz CT molecular complexity index is 642. The molecule has 2 aromatic rings. The molecular weight excluding hydrogens is 319 g/mol. The molecule has 0 heterocycles. The van der Waals surface area contributed by atoms with Gasteiger partial charge in [-0.25, -0.2) is 0 Å². The Morgan fingerprint density at radius 1 is 1.09 bits per heavy atom. The normalized spacial score (nSPS) is 10.5. The molecule has 0 atom stereocenters. The highest BCUT2D eigenvalue weighted by atomic mass is 35.5. The minimum atomic E-state index is -0.0870. The summed E-state index contributed by atoms with van der Waals surface area (Å²) in [6.45, 7) is 2.91. The molecular formula is C17H18Cl2N2O. The Morgan fingerprint density at radius 2 is 1.82 bits per heavy atom. The van der Waals surface area contributed by atoms with E-state index in [1.807, 2.05) is 43.3 Å². The molecule has 0 unspecified atom stereocenters. The number of rotatable bonds is 6. The van der Waals surface area contributed by atoms with E-state index in [-0.39, 0.29) is 12.5 Å². The largest absolute Gasteiger partial charge is 0.325 e. The lowest BCUT2D eigenvalue weighted by atomic mass is 10.1. The number of amides is 1. The van der Waals surface area contributed by atoms with E-state index in [0.29, 0.717) is 10.7 Å². The van der Waals surface area contributed by atoms with Crippen LogP contribution in [-0.2, 0) is 11.2 Å². The van der Waals surface area contributed by atoms with Crippen LogP contribution in [0.3, 0.4) is 0 Å². The average molecular weight is 337 g/mol. The van der Waals surface area contributed by atoms with Crippen molar-refractivity contribution in [2.75, 3.05) is 18.4 Å². The molecule has 0 aliphatic heterocycles. The molecule has 0 spiro atoms. The second-order valence-corrected chi connectivity index (χ2v) is 5.91. The minimum absolute atomic E-state index is 0.0870. The Kier molecular flexibility index (Phi) is 6.25. The summed E-state index contributed by atoms with van der Waals surface area (Å²) in [6.07, 6.45) is 0.848. The number of hydrogen-bond donors (Lipinski definition) is 2. The third-order valence-corrected chi connectivity index (χ3v) is 3.90. The first-order chi connectivity index (χ1) is 10.5. The topological polar surface area (TPSA) is 41.1 Å². The Morgan fingerprint density at radius 3 is 2.50 bits per heavy atom. The first kappa shape index (κ1) is 16.8. The lowest BCUT2D eigenvalue weighted by Gasteiger charge is -2.08. The van der Waals surface area contributed by atoms with Crippen molar-refractivity contribution in [3.05, 3.63) is 63.6 Å². The van der Waals surface area contributed by atoms with E-state index in [1.165, 1.54) is 5.56 Å². The van der Waals surface area contributed by atoms with E-state index >= 15 is 0 Å². The second-order valence-electron chi connectivity index (χ2n) is 5.07. The van der Waals surface area contributed by atoms with E-state index in [4.69, 9.17) is 23.2 Å². The fourth-order valence-electron chi connectivity index (χ4n) is 1.96. The third kappa shape index (κ3) is 5.34. The van der Waals surface area contributed by atoms with Gasteiger partial charge in [-0.2, -0.15) is 0 Å². The van der Waals surface area contributed by atoms with Crippen LogP contribution in [0, 0.1) is 6.92 Å². The predicted molar refractivity (Wildman–Crippen MR) is 92.8 cm³/mol. The Labute approximate surface area is 140 Å². The zero-order valence-corrected chi connectivity index (χ0v) is 13.8. The molecule has 0 saturated carbocycles. The maximum atomic E-state index is 11.8. The van der Waals surface area contributed by atoms with Gasteiger partial charge in [0, 0.05) is 15.7 Å². The van der Waals surface area contributed by atoms with Crippen molar-refractivity contribution in [3.8, 4) is 0 Å². The van der Waals surface area contributed by atoms with Crippen LogP contribution in [0.2, 0.25) is 10.0 Å². The van der Waals surface area contributed by atoms with Gasteiger partial charge in [0.25, 0.3) is 0 Å². The molecule has 0 aliphatic carbocycles. The van der Waals surface area contributed by atoms with E-state index in [2.05, 4.69) is 10.6 Å². The van der Waals surface area contributed by atoms with Crippen molar-refractivity contribution in [2.45, 2.75) is 13.3 Å². The van der Waals surface area contributed by atoms with Crippen LogP contribution in [0.25, 0.3) is 0 Å². The van der Waals surface area contributed by atoms with Gasteiger partial charge in [-0.3, -0.25) is 4.79 Å². The van der Waals surface area contributed by atoms with Gasteiger partial charge in [0.15, 0.2) is 0 Å². The van der Waals surface area contributed by atoms with E-state index < -0.39 is 0 Å². The number of nitrogens with one attached hydrogen (secondary N) is 2. The van der Waals surface area contributed by atoms with Gasteiger partial charge in [-0.1, -0.05) is 41.4 Å². The smallest absolute Gasteiger partial charge is 0.238 e. The third-order valence-electron chi connectivity index (χ3n) is 3.24. The zero-order chi connectivity index (χ0) is 15.9. The van der Waals surface area contributed by atoms with Crippen LogP contribution >= 0.6 is 23.2 Å². The van der Waals surface area contributed by atoms with Crippen LogP contribution in [0.4, 0.5) is 5.69 Å². The van der Waals surface area contributed by atoms with Gasteiger partial charge < -0.3 is 10.6 Å². The average Bonchev–Trinajstić information content (AvgIpc) is 2.49. The number of halogens is 2. The molecule has 2 N–H and O–H groups in total. The van der Waals surface area contributed by atoms with Crippen molar-refractivity contribution in [3.63, 3.8) is 0 Å². The van der Waals surface area contributed by atoms with Gasteiger partial charge in [0.1, 0.15) is 0 Å². The van der Waals surface area contributed by atoms with Gasteiger partial charge in [0.2, 0.25) is 5.91 Å². The van der Waals surface area contributed by atoms with E-state index in [0.717, 1.165) is 23.6 Å². The van der Waals surface area contributed by atoms with Crippen molar-refractivity contribution >= 4 is 34.8 Å². The molecule has 22 heavy (non-hydrogen) atoms. The summed E-state index contributed by atoms with van der Waals surface area (Å²) in [4.78, 5) is 11.8. The number of carbonyl (C=O) groups excluding carboxylic acids is 1. The van der Waals surface area contributed by atoms with Crippen LogP contribution in [-0.4, -0.2) is 19.0 Å². The molecule has 5 heteroatoms. The van der Waals surface area contributed by atoms with E-state index in [1.54, 1.807) is 6.07 Å². The van der Waals surface area contributed by atoms with Gasteiger partial charge >= 0.3 is 0 Å². The van der Waals surface area contributed by atoms with Crippen molar-refractivity contribution < 1.29 is 4.79 Å². The fourth-order valence-corrected chi connectivity index (χ4v) is 2.27. The van der Waals surface area contributed by atoms with Crippen molar-refractivity contribution in [1.29, 1.82) is 0 Å². The number of aryl methyl sites for hydroxylation is 1. The second kappa shape index (κ2) is 8.18. The predicted octanol–water partition coefficient (Wildman–Crippen LogP) is 4.07. The first-order valence-electron chi connectivity index (χ1n) is 7.06. The summed E-state index contributed by atoms with van der Waals surface area (Å²) in [5, 5.41) is 7.31. The summed E-state index contributed by atoms with van der Waals surface area (Å²) >= 11 is 11.9. The monoisotopic (exact) mass is 336 g/mol. The highest BCUT2D eigenvalue weighted by molar-refractivity contribution is 6.31. The standard InChI is InChI=1S/C17H18Cl2N2O/c1-12-2-7-15(10-16(12)19)21-17(22)11-20-9-8-13-3-5-14(18)6-4-13/h2-7,10,20H,8-9,11H2,1H3,(H,21,22). The highest BCUT2D eigenvalue weighted by Gasteiger charge is 2.03. The maximum Gasteiger partial charge on any atom is 0.238 e. The molecule has 2 aromatic carbocycles. The highest BCUT2D eigenvalue weighted by Crippen LogP contribution is 2.19. The molecule has 2 rings (SSSR count). The van der Waals surface area contributed by atoms with Crippen LogP contribution in [0.1, 0.15) is 11.1 Å². The molecule has 0 radical (unpaired) electrons. The quantitative estimate of drug-likeness (QED) is 0.780. The van der Waals surface area contributed by atoms with Gasteiger partial charge in [0.05, 0.1) is 6.54 Å². The summed E-state index contributed by atoms with van der Waals surface area (Å²) in [7, 11) is 0. The number of benzene rings is 2. The molecule has 0 saturated heterocycles. The summed E-state index contributed by atoms with van der Waals surface area (Å²) < 4.78 is 0. The summed E-state index contributed by atoms with van der Waals surface area (Å²) in [5.74, 6) is -0.0870. The molecule has 116 valence electrons. The number of carbonyl (C=O) groups is 1. The van der Waals surface area contributed by atoms with E-state index in [9.17, 15) is 4.79 Å². The molecule has 0 aliphatic rings. The molecule has 0 bridgehead atoms. The lowest BCUT2D eigenvalue weighted by molar-refractivity contribution is -0.115. The van der Waals surface area contributed by atoms with Gasteiger partial charge in [-0.05, 0) is 55.3 Å². The SMILES string of the molecule is Cc1ccc(NC(=O)CNCCc2ccc(Cl)cc2)cc1Cl. The van der Waals surface area contributed by atoms with Crippen LogP contribution in [0.15, 0.2) is 42.5 Å². The first-order valence-corrected chi connectivity index (χ1v) is 7.81. The minimum Gasteiger partial charge on any atom is -0.325 e. The Balaban J connectivity index is 1.71.